The van der Waals surface area contributed by atoms with Crippen LogP contribution in [-0.2, 0) is 6.54 Å². The third-order valence-electron chi connectivity index (χ3n) is 4.14. The number of benzene rings is 2. The fourth-order valence-corrected chi connectivity index (χ4v) is 2.96. The zero-order valence-electron chi connectivity index (χ0n) is 15.0. The van der Waals surface area contributed by atoms with E-state index in [-0.39, 0.29) is 11.5 Å². The van der Waals surface area contributed by atoms with Crippen molar-refractivity contribution in [2.24, 2.45) is 0 Å². The molecule has 0 saturated carbocycles. The van der Waals surface area contributed by atoms with Crippen LogP contribution in [0.5, 0.6) is 11.5 Å². The number of alkyl halides is 2. The van der Waals surface area contributed by atoms with Gasteiger partial charge in [0, 0.05) is 11.9 Å². The first-order chi connectivity index (χ1) is 13.7. The van der Waals surface area contributed by atoms with Crippen LogP contribution in [0, 0.1) is 0 Å². The van der Waals surface area contributed by atoms with Gasteiger partial charge in [0.15, 0.2) is 22.9 Å². The number of nitrogens with zero attached hydrogens (tertiary/aromatic N) is 2. The first-order valence-electron chi connectivity index (χ1n) is 8.72. The molecule has 2 aromatic heterocycles. The maximum atomic E-state index is 12.5. The third kappa shape index (κ3) is 3.53. The van der Waals surface area contributed by atoms with Gasteiger partial charge in [-0.3, -0.25) is 0 Å². The van der Waals surface area contributed by atoms with Crippen molar-refractivity contribution < 1.29 is 22.7 Å². The van der Waals surface area contributed by atoms with Gasteiger partial charge in [-0.25, -0.2) is 9.97 Å². The van der Waals surface area contributed by atoms with Crippen molar-refractivity contribution in [1.82, 2.24) is 9.97 Å². The molecular weight excluding hydrogens is 368 g/mol. The summed E-state index contributed by atoms with van der Waals surface area (Å²) in [5.74, 6) is 0.813. The van der Waals surface area contributed by atoms with E-state index in [1.54, 1.807) is 19.1 Å². The summed E-state index contributed by atoms with van der Waals surface area (Å²) in [4.78, 5) is 8.57. The molecule has 8 heteroatoms. The fourth-order valence-electron chi connectivity index (χ4n) is 2.96. The average Bonchev–Trinajstić information content (AvgIpc) is 3.07. The van der Waals surface area contributed by atoms with Gasteiger partial charge in [-0.1, -0.05) is 18.2 Å². The van der Waals surface area contributed by atoms with Crippen LogP contribution in [0.2, 0.25) is 0 Å². The smallest absolute Gasteiger partial charge is 0.387 e. The molecule has 0 aliphatic heterocycles. The van der Waals surface area contributed by atoms with Crippen LogP contribution in [0.1, 0.15) is 12.5 Å². The van der Waals surface area contributed by atoms with Crippen molar-refractivity contribution in [1.29, 1.82) is 0 Å². The van der Waals surface area contributed by atoms with Gasteiger partial charge in [-0.2, -0.15) is 8.78 Å². The monoisotopic (exact) mass is 385 g/mol. The second-order valence-electron chi connectivity index (χ2n) is 5.94. The molecular formula is C20H17F2N3O3. The van der Waals surface area contributed by atoms with E-state index in [0.29, 0.717) is 24.6 Å². The number of furan rings is 1. The summed E-state index contributed by atoms with van der Waals surface area (Å²) in [5.41, 5.74) is 2.83. The molecule has 0 amide bonds. The molecule has 0 fully saturated rings. The molecule has 1 N–H and O–H groups in total. The Morgan fingerprint density at radius 3 is 2.79 bits per heavy atom. The van der Waals surface area contributed by atoms with Gasteiger partial charge in [0.1, 0.15) is 17.4 Å². The Morgan fingerprint density at radius 2 is 1.96 bits per heavy atom. The number of halogens is 2. The van der Waals surface area contributed by atoms with Crippen molar-refractivity contribution in [3.05, 3.63) is 54.4 Å². The van der Waals surface area contributed by atoms with Gasteiger partial charge < -0.3 is 19.2 Å². The van der Waals surface area contributed by atoms with Crippen molar-refractivity contribution in [2.75, 3.05) is 11.9 Å². The number of nitrogens with one attached hydrogen (secondary N) is 1. The predicted molar refractivity (Wildman–Crippen MR) is 101 cm³/mol. The zero-order chi connectivity index (χ0) is 19.5. The van der Waals surface area contributed by atoms with Gasteiger partial charge in [0.25, 0.3) is 0 Å². The first-order valence-corrected chi connectivity index (χ1v) is 8.72. The minimum atomic E-state index is -2.91. The van der Waals surface area contributed by atoms with Crippen LogP contribution in [0.4, 0.5) is 14.6 Å². The van der Waals surface area contributed by atoms with Crippen LogP contribution >= 0.6 is 0 Å². The molecule has 0 saturated heterocycles. The average molecular weight is 385 g/mol. The molecule has 2 heterocycles. The second-order valence-corrected chi connectivity index (χ2v) is 5.94. The Hall–Kier alpha value is -3.42. The minimum Gasteiger partial charge on any atom is -0.490 e. The Morgan fingerprint density at radius 1 is 1.11 bits per heavy atom. The van der Waals surface area contributed by atoms with Gasteiger partial charge in [0.2, 0.25) is 0 Å². The molecule has 0 unspecified atom stereocenters. The number of fused-ring (bicyclic) bond motifs is 3. The molecule has 0 bridgehead atoms. The van der Waals surface area contributed by atoms with Crippen molar-refractivity contribution >= 4 is 27.9 Å². The molecule has 0 aliphatic rings. The summed E-state index contributed by atoms with van der Waals surface area (Å²) in [5, 5.41) is 4.12. The van der Waals surface area contributed by atoms with Crippen molar-refractivity contribution in [3.8, 4) is 11.5 Å². The highest BCUT2D eigenvalue weighted by atomic mass is 19.3. The number of ether oxygens (including phenoxy) is 2. The molecule has 144 valence electrons. The Labute approximate surface area is 159 Å². The van der Waals surface area contributed by atoms with E-state index in [0.717, 1.165) is 22.0 Å². The van der Waals surface area contributed by atoms with E-state index in [2.05, 4.69) is 20.0 Å². The Kier molecular flexibility index (Phi) is 4.92. The zero-order valence-corrected chi connectivity index (χ0v) is 15.0. The lowest BCUT2D eigenvalue weighted by molar-refractivity contribution is -0.0514. The summed E-state index contributed by atoms with van der Waals surface area (Å²) in [6.07, 6.45) is 1.47. The quantitative estimate of drug-likeness (QED) is 0.483. The minimum absolute atomic E-state index is 0.00214. The Bertz CT molecular complexity index is 1110. The van der Waals surface area contributed by atoms with E-state index in [4.69, 9.17) is 9.15 Å². The molecule has 2 aromatic carbocycles. The number of para-hydroxylation sites is 1. The number of aromatic nitrogens is 2. The largest absolute Gasteiger partial charge is 0.490 e. The SMILES string of the molecule is CCOc1cc(CNc2ncnc3c2oc2ccccc23)ccc1OC(F)F. The number of hydrogen-bond donors (Lipinski definition) is 1. The van der Waals surface area contributed by atoms with Gasteiger partial charge in [-0.05, 0) is 36.8 Å². The third-order valence-corrected chi connectivity index (χ3v) is 4.14. The molecule has 0 atom stereocenters. The summed E-state index contributed by atoms with van der Waals surface area (Å²) >= 11 is 0. The number of rotatable bonds is 7. The van der Waals surface area contributed by atoms with Crippen LogP contribution in [0.15, 0.2) is 53.2 Å². The summed E-state index contributed by atoms with van der Waals surface area (Å²) in [6, 6.07) is 12.4. The normalized spacial score (nSPS) is 11.3. The number of anilines is 1. The predicted octanol–water partition coefficient (Wildman–Crippen LogP) is 4.99. The van der Waals surface area contributed by atoms with E-state index in [9.17, 15) is 8.78 Å². The fraction of sp³-hybridized carbons (Fsp3) is 0.200. The van der Waals surface area contributed by atoms with Crippen molar-refractivity contribution in [2.45, 2.75) is 20.1 Å². The first kappa shape index (κ1) is 18.0. The topological polar surface area (TPSA) is 69.4 Å². The molecule has 28 heavy (non-hydrogen) atoms. The molecule has 4 rings (SSSR count). The molecule has 6 nitrogen and oxygen atoms in total. The lowest BCUT2D eigenvalue weighted by atomic mass is 10.2. The lowest BCUT2D eigenvalue weighted by Gasteiger charge is -2.13. The van der Waals surface area contributed by atoms with E-state index < -0.39 is 6.61 Å². The lowest BCUT2D eigenvalue weighted by Crippen LogP contribution is -2.06. The number of hydrogen-bond acceptors (Lipinski definition) is 6. The highest BCUT2D eigenvalue weighted by Gasteiger charge is 2.14. The van der Waals surface area contributed by atoms with Crippen LogP contribution in [-0.4, -0.2) is 23.2 Å². The van der Waals surface area contributed by atoms with Crippen molar-refractivity contribution in [3.63, 3.8) is 0 Å². The standard InChI is InChI=1S/C20H17F2N3O3/c1-2-26-16-9-12(7-8-15(16)28-20(21)22)10-23-19-18-17(24-11-25-19)13-5-3-4-6-14(13)27-18/h3-9,11,20H,2,10H2,1H3,(H,23,24,25). The van der Waals surface area contributed by atoms with E-state index in [1.165, 1.54) is 12.4 Å². The summed E-state index contributed by atoms with van der Waals surface area (Å²) in [6.45, 7) is -0.415. The summed E-state index contributed by atoms with van der Waals surface area (Å²) in [7, 11) is 0. The van der Waals surface area contributed by atoms with Gasteiger partial charge in [-0.15, -0.1) is 0 Å². The van der Waals surface area contributed by atoms with E-state index >= 15 is 0 Å². The Balaban J connectivity index is 1.60. The van der Waals surface area contributed by atoms with Crippen LogP contribution < -0.4 is 14.8 Å². The van der Waals surface area contributed by atoms with Crippen LogP contribution in [0.3, 0.4) is 0 Å². The maximum Gasteiger partial charge on any atom is 0.387 e. The summed E-state index contributed by atoms with van der Waals surface area (Å²) < 4.78 is 40.8. The molecule has 0 aliphatic carbocycles. The molecule has 0 radical (unpaired) electrons. The molecule has 0 spiro atoms. The second kappa shape index (κ2) is 7.67. The highest BCUT2D eigenvalue weighted by molar-refractivity contribution is 6.05. The maximum absolute atomic E-state index is 12.5. The van der Waals surface area contributed by atoms with Crippen LogP contribution in [0.25, 0.3) is 22.1 Å². The van der Waals surface area contributed by atoms with E-state index in [1.807, 2.05) is 24.3 Å². The van der Waals surface area contributed by atoms with Gasteiger partial charge >= 0.3 is 6.61 Å². The highest BCUT2D eigenvalue weighted by Crippen LogP contribution is 2.32. The molecule has 4 aromatic rings. The van der Waals surface area contributed by atoms with Gasteiger partial charge in [0.05, 0.1) is 6.61 Å².